The van der Waals surface area contributed by atoms with E-state index in [2.05, 4.69) is 5.92 Å². The van der Waals surface area contributed by atoms with E-state index < -0.39 is 67.1 Å². The molecule has 0 spiro atoms. The summed E-state index contributed by atoms with van der Waals surface area (Å²) in [5.41, 5.74) is 0. The van der Waals surface area contributed by atoms with Gasteiger partial charge in [0.15, 0.2) is 18.3 Å². The Labute approximate surface area is 156 Å². The van der Waals surface area contributed by atoms with Crippen LogP contribution in [-0.2, 0) is 42.9 Å². The van der Waals surface area contributed by atoms with Gasteiger partial charge < -0.3 is 28.8 Å². The van der Waals surface area contributed by atoms with Crippen LogP contribution in [0, 0.1) is 12.3 Å². The lowest BCUT2D eigenvalue weighted by molar-refractivity contribution is -0.349. The maximum absolute atomic E-state index is 11.6. The van der Waals surface area contributed by atoms with E-state index in [-0.39, 0.29) is 0 Å². The molecule has 0 radical (unpaired) electrons. The van der Waals surface area contributed by atoms with Crippen molar-refractivity contribution in [3.05, 3.63) is 0 Å². The average Bonchev–Trinajstić information content (AvgIpc) is 2.51. The van der Waals surface area contributed by atoms with Crippen LogP contribution in [0.4, 0.5) is 0 Å². The molecule has 1 rings (SSSR count). The fraction of sp³-hybridized carbons (Fsp3) is 0.647. The number of aliphatic hydroxyl groups is 1. The van der Waals surface area contributed by atoms with Crippen molar-refractivity contribution in [2.75, 3.05) is 6.61 Å². The molecule has 1 aliphatic rings. The van der Waals surface area contributed by atoms with E-state index in [4.69, 9.17) is 30.1 Å². The van der Waals surface area contributed by atoms with Gasteiger partial charge >= 0.3 is 23.9 Å². The molecule has 0 unspecified atom stereocenters. The van der Waals surface area contributed by atoms with E-state index in [1.807, 2.05) is 0 Å². The molecule has 27 heavy (non-hydrogen) atoms. The minimum atomic E-state index is -2.28. The average molecular weight is 386 g/mol. The highest BCUT2D eigenvalue weighted by atomic mass is 16.7. The van der Waals surface area contributed by atoms with Crippen LogP contribution in [0.15, 0.2) is 0 Å². The van der Waals surface area contributed by atoms with Crippen LogP contribution >= 0.6 is 0 Å². The topological polar surface area (TPSA) is 135 Å². The van der Waals surface area contributed by atoms with Gasteiger partial charge in [-0.1, -0.05) is 0 Å². The first kappa shape index (κ1) is 22.4. The summed E-state index contributed by atoms with van der Waals surface area (Å²) in [5.74, 6) is -3.15. The van der Waals surface area contributed by atoms with Gasteiger partial charge in [0.1, 0.15) is 12.7 Å². The van der Waals surface area contributed by atoms with Gasteiger partial charge in [0, 0.05) is 27.7 Å². The van der Waals surface area contributed by atoms with E-state index in [1.165, 1.54) is 0 Å². The highest BCUT2D eigenvalue weighted by Crippen LogP contribution is 2.36. The summed E-state index contributed by atoms with van der Waals surface area (Å²) in [5, 5.41) is 10.8. The predicted octanol–water partition coefficient (Wildman–Crippen LogP) is -0.545. The summed E-state index contributed by atoms with van der Waals surface area (Å²) in [7, 11) is 0. The Morgan fingerprint density at radius 2 is 1.48 bits per heavy atom. The van der Waals surface area contributed by atoms with Gasteiger partial charge in [-0.2, -0.15) is 0 Å². The third kappa shape index (κ3) is 6.23. The van der Waals surface area contributed by atoms with Crippen molar-refractivity contribution in [1.29, 1.82) is 0 Å². The van der Waals surface area contributed by atoms with Crippen molar-refractivity contribution in [1.82, 2.24) is 0 Å². The van der Waals surface area contributed by atoms with E-state index in [0.717, 1.165) is 27.7 Å². The van der Waals surface area contributed by atoms with Gasteiger partial charge in [-0.3, -0.25) is 19.2 Å². The second kappa shape index (κ2) is 9.34. The number of carbonyl (C=O) groups excluding carboxylic acids is 4. The smallest absolute Gasteiger partial charge is 0.303 e. The van der Waals surface area contributed by atoms with Gasteiger partial charge in [0.2, 0.25) is 5.79 Å². The molecule has 1 saturated heterocycles. The molecule has 10 nitrogen and oxygen atoms in total. The normalized spacial score (nSPS) is 29.8. The number of hydrogen-bond acceptors (Lipinski definition) is 10. The van der Waals surface area contributed by atoms with Crippen molar-refractivity contribution < 1.29 is 48.0 Å². The summed E-state index contributed by atoms with van der Waals surface area (Å²) in [6, 6.07) is 0. The molecular weight excluding hydrogens is 364 g/mol. The van der Waals surface area contributed by atoms with Crippen LogP contribution in [0.1, 0.15) is 34.1 Å². The Balaban J connectivity index is 3.39. The first-order valence-electron chi connectivity index (χ1n) is 7.98. The summed E-state index contributed by atoms with van der Waals surface area (Å²) in [4.78, 5) is 45.7. The van der Waals surface area contributed by atoms with E-state index in [0.29, 0.717) is 0 Å². The first-order valence-corrected chi connectivity index (χ1v) is 7.98. The highest BCUT2D eigenvalue weighted by molar-refractivity contribution is 5.68. The summed E-state index contributed by atoms with van der Waals surface area (Å²) in [6.07, 6.45) is -0.822. The molecule has 150 valence electrons. The standard InChI is InChI=1S/C17H22O10/c1-6-7-17(22)16(26-12(5)21)15(25-11(4)20)14(24-10(3)19)13(27-17)8-23-9(2)18/h1,13-16,22H,7-8H2,2-5H3/t13-,14-,15+,16-,17-/m1/s1. The Hall–Kier alpha value is -2.64. The third-order valence-electron chi connectivity index (χ3n) is 3.49. The van der Waals surface area contributed by atoms with Crippen LogP contribution < -0.4 is 0 Å². The van der Waals surface area contributed by atoms with Crippen LogP contribution in [0.3, 0.4) is 0 Å². The highest BCUT2D eigenvalue weighted by Gasteiger charge is 2.59. The molecule has 0 aliphatic carbocycles. The largest absolute Gasteiger partial charge is 0.463 e. The Morgan fingerprint density at radius 3 is 1.93 bits per heavy atom. The van der Waals surface area contributed by atoms with E-state index in [1.54, 1.807) is 0 Å². The molecule has 0 aromatic carbocycles. The number of esters is 4. The number of rotatable bonds is 6. The Bertz CT molecular complexity index is 636. The van der Waals surface area contributed by atoms with Crippen LogP contribution in [0.2, 0.25) is 0 Å². The molecular formula is C17H22O10. The van der Waals surface area contributed by atoms with Gasteiger partial charge in [-0.25, -0.2) is 0 Å². The van der Waals surface area contributed by atoms with Crippen molar-refractivity contribution in [2.24, 2.45) is 0 Å². The molecule has 0 aromatic heterocycles. The van der Waals surface area contributed by atoms with Crippen LogP contribution in [-0.4, -0.2) is 65.8 Å². The lowest BCUT2D eigenvalue weighted by Gasteiger charge is -2.48. The lowest BCUT2D eigenvalue weighted by Crippen LogP contribution is -2.68. The van der Waals surface area contributed by atoms with Crippen LogP contribution in [0.5, 0.6) is 0 Å². The Morgan fingerprint density at radius 1 is 0.963 bits per heavy atom. The zero-order valence-corrected chi connectivity index (χ0v) is 15.4. The number of ether oxygens (including phenoxy) is 5. The van der Waals surface area contributed by atoms with Crippen molar-refractivity contribution >= 4 is 23.9 Å². The summed E-state index contributed by atoms with van der Waals surface area (Å²) < 4.78 is 25.7. The SMILES string of the molecule is C#CC[C@@]1(O)O[C@H](COC(C)=O)[C@@H](OC(C)=O)[C@H](OC(C)=O)[C@H]1OC(C)=O. The maximum Gasteiger partial charge on any atom is 0.303 e. The lowest BCUT2D eigenvalue weighted by atomic mass is 9.90. The van der Waals surface area contributed by atoms with Crippen molar-refractivity contribution in [2.45, 2.75) is 64.3 Å². The Kier molecular flexibility index (Phi) is 7.75. The quantitative estimate of drug-likeness (QED) is 0.360. The first-order chi connectivity index (χ1) is 12.5. The minimum Gasteiger partial charge on any atom is -0.463 e. The monoisotopic (exact) mass is 386 g/mol. The van der Waals surface area contributed by atoms with Gasteiger partial charge in [0.05, 0.1) is 6.42 Å². The number of terminal acetylenes is 1. The zero-order valence-electron chi connectivity index (χ0n) is 15.4. The molecule has 1 N–H and O–H groups in total. The fourth-order valence-corrected chi connectivity index (χ4v) is 2.65. The van der Waals surface area contributed by atoms with Crippen LogP contribution in [0.25, 0.3) is 0 Å². The molecule has 0 amide bonds. The number of hydrogen-bond donors (Lipinski definition) is 1. The molecule has 0 bridgehead atoms. The molecule has 0 saturated carbocycles. The third-order valence-corrected chi connectivity index (χ3v) is 3.49. The second-order valence-corrected chi connectivity index (χ2v) is 5.86. The van der Waals surface area contributed by atoms with E-state index >= 15 is 0 Å². The molecule has 5 atom stereocenters. The maximum atomic E-state index is 11.6. The van der Waals surface area contributed by atoms with Gasteiger partial charge in [0.25, 0.3) is 0 Å². The molecule has 1 aliphatic heterocycles. The molecule has 0 aromatic rings. The zero-order chi connectivity index (χ0) is 20.8. The predicted molar refractivity (Wildman–Crippen MR) is 86.6 cm³/mol. The second-order valence-electron chi connectivity index (χ2n) is 5.86. The fourth-order valence-electron chi connectivity index (χ4n) is 2.65. The number of carbonyl (C=O) groups is 4. The molecule has 1 fully saturated rings. The van der Waals surface area contributed by atoms with Crippen molar-refractivity contribution in [3.63, 3.8) is 0 Å². The van der Waals surface area contributed by atoms with Gasteiger partial charge in [-0.05, 0) is 0 Å². The molecule has 1 heterocycles. The summed E-state index contributed by atoms with van der Waals surface area (Å²) >= 11 is 0. The summed E-state index contributed by atoms with van der Waals surface area (Å²) in [6.45, 7) is 3.93. The van der Waals surface area contributed by atoms with Crippen molar-refractivity contribution in [3.8, 4) is 12.3 Å². The minimum absolute atomic E-state index is 0.440. The molecule has 10 heteroatoms. The van der Waals surface area contributed by atoms with Gasteiger partial charge in [-0.15, -0.1) is 12.3 Å². The van der Waals surface area contributed by atoms with E-state index in [9.17, 15) is 24.3 Å².